The standard InChI is InChI=1S/C22H28N4O3S2/c1-6-7-8-26-19(25-11-13(2)29-14(3)12-25)16(15(4)17(10-23)20(26)27)9-18-21(28)24(5)22(30)31-18/h9,13-14H,6-8,11-12H2,1-5H3/b18-9+. The van der Waals surface area contributed by atoms with E-state index in [2.05, 4.69) is 17.9 Å². The first-order chi connectivity index (χ1) is 14.7. The largest absolute Gasteiger partial charge is 0.372 e. The van der Waals surface area contributed by atoms with Gasteiger partial charge in [0, 0.05) is 32.2 Å². The van der Waals surface area contributed by atoms with Crippen molar-refractivity contribution in [2.45, 2.75) is 59.3 Å². The maximum absolute atomic E-state index is 13.3. The minimum Gasteiger partial charge on any atom is -0.372 e. The number of amides is 1. The van der Waals surface area contributed by atoms with Crippen molar-refractivity contribution in [1.29, 1.82) is 5.26 Å². The van der Waals surface area contributed by atoms with Crippen LogP contribution in [-0.4, -0.2) is 52.0 Å². The quantitative estimate of drug-likeness (QED) is 0.493. The first-order valence-electron chi connectivity index (χ1n) is 10.5. The topological polar surface area (TPSA) is 78.6 Å². The van der Waals surface area contributed by atoms with E-state index < -0.39 is 0 Å². The summed E-state index contributed by atoms with van der Waals surface area (Å²) in [6, 6.07) is 2.09. The van der Waals surface area contributed by atoms with E-state index in [1.165, 1.54) is 16.7 Å². The molecule has 3 rings (SSSR count). The molecule has 0 saturated carbocycles. The number of morpholine rings is 1. The van der Waals surface area contributed by atoms with Gasteiger partial charge in [0.15, 0.2) is 0 Å². The molecule has 2 aliphatic heterocycles. The zero-order chi connectivity index (χ0) is 22.9. The molecule has 9 heteroatoms. The average molecular weight is 461 g/mol. The van der Waals surface area contributed by atoms with Crippen molar-refractivity contribution in [3.63, 3.8) is 0 Å². The van der Waals surface area contributed by atoms with E-state index in [9.17, 15) is 14.9 Å². The smallest absolute Gasteiger partial charge is 0.270 e. The summed E-state index contributed by atoms with van der Waals surface area (Å²) in [6.07, 6.45) is 3.52. The zero-order valence-electron chi connectivity index (χ0n) is 18.6. The molecule has 1 aromatic heterocycles. The Morgan fingerprint density at radius 1 is 1.29 bits per heavy atom. The molecule has 7 nitrogen and oxygen atoms in total. The van der Waals surface area contributed by atoms with Gasteiger partial charge in [-0.15, -0.1) is 0 Å². The lowest BCUT2D eigenvalue weighted by atomic mass is 10.0. The summed E-state index contributed by atoms with van der Waals surface area (Å²) >= 11 is 6.52. The van der Waals surface area contributed by atoms with E-state index in [0.717, 1.165) is 24.2 Å². The molecule has 0 aromatic carbocycles. The number of likely N-dealkylation sites (N-methyl/N-ethyl adjacent to an activating group) is 1. The summed E-state index contributed by atoms with van der Waals surface area (Å²) in [5.74, 6) is 0.576. The van der Waals surface area contributed by atoms with E-state index in [-0.39, 0.29) is 29.2 Å². The van der Waals surface area contributed by atoms with Gasteiger partial charge in [0.1, 0.15) is 21.8 Å². The number of hydrogen-bond donors (Lipinski definition) is 0. The van der Waals surface area contributed by atoms with Gasteiger partial charge in [-0.3, -0.25) is 19.1 Å². The van der Waals surface area contributed by atoms with E-state index in [1.807, 2.05) is 13.8 Å². The molecular weight excluding hydrogens is 432 g/mol. The predicted molar refractivity (Wildman–Crippen MR) is 128 cm³/mol. The van der Waals surface area contributed by atoms with Crippen LogP contribution in [0, 0.1) is 18.3 Å². The monoisotopic (exact) mass is 460 g/mol. The molecule has 0 spiro atoms. The van der Waals surface area contributed by atoms with Gasteiger partial charge in [0.2, 0.25) is 0 Å². The molecule has 0 radical (unpaired) electrons. The van der Waals surface area contributed by atoms with Gasteiger partial charge in [-0.05, 0) is 38.8 Å². The summed E-state index contributed by atoms with van der Waals surface area (Å²) in [6.45, 7) is 9.62. The summed E-state index contributed by atoms with van der Waals surface area (Å²) in [5, 5.41) is 9.74. The molecule has 31 heavy (non-hydrogen) atoms. The minimum absolute atomic E-state index is 0.00358. The molecule has 1 amide bonds. The van der Waals surface area contributed by atoms with Crippen LogP contribution < -0.4 is 10.5 Å². The van der Waals surface area contributed by atoms with Gasteiger partial charge >= 0.3 is 0 Å². The van der Waals surface area contributed by atoms with Crippen molar-refractivity contribution in [3.8, 4) is 6.07 Å². The van der Waals surface area contributed by atoms with Gasteiger partial charge in [-0.25, -0.2) is 0 Å². The SMILES string of the molecule is CCCCn1c(N2CC(C)OC(C)C2)c(/C=C2/SC(=S)N(C)C2=O)c(C)c(C#N)c1=O. The van der Waals surface area contributed by atoms with Crippen LogP contribution in [0.25, 0.3) is 6.08 Å². The lowest BCUT2D eigenvalue weighted by Crippen LogP contribution is -2.48. The number of thioether (sulfide) groups is 1. The van der Waals surface area contributed by atoms with Gasteiger partial charge in [0.25, 0.3) is 11.5 Å². The fourth-order valence-corrected chi connectivity index (χ4v) is 5.20. The fraction of sp³-hybridized carbons (Fsp3) is 0.545. The van der Waals surface area contributed by atoms with Crippen LogP contribution in [0.4, 0.5) is 5.82 Å². The Labute approximate surface area is 192 Å². The second kappa shape index (κ2) is 9.55. The third-order valence-electron chi connectivity index (χ3n) is 5.56. The Balaban J connectivity index is 2.29. The lowest BCUT2D eigenvalue weighted by molar-refractivity contribution is -0.121. The summed E-state index contributed by atoms with van der Waals surface area (Å²) in [7, 11) is 1.65. The molecule has 2 unspecified atom stereocenters. The van der Waals surface area contributed by atoms with Crippen LogP contribution in [0.5, 0.6) is 0 Å². The summed E-state index contributed by atoms with van der Waals surface area (Å²) in [4.78, 5) is 30.0. The molecular formula is C22H28N4O3S2. The lowest BCUT2D eigenvalue weighted by Gasteiger charge is -2.39. The van der Waals surface area contributed by atoms with Crippen molar-refractivity contribution in [2.75, 3.05) is 25.0 Å². The molecule has 166 valence electrons. The van der Waals surface area contributed by atoms with E-state index in [4.69, 9.17) is 17.0 Å². The highest BCUT2D eigenvalue weighted by molar-refractivity contribution is 8.26. The number of ether oxygens (including phenoxy) is 1. The van der Waals surface area contributed by atoms with Gasteiger partial charge in [0.05, 0.1) is 17.1 Å². The molecule has 0 aliphatic carbocycles. The highest BCUT2D eigenvalue weighted by Gasteiger charge is 2.32. The highest BCUT2D eigenvalue weighted by atomic mass is 32.2. The number of thiocarbonyl (C=S) groups is 1. The number of pyridine rings is 1. The van der Waals surface area contributed by atoms with Crippen LogP contribution in [0.2, 0.25) is 0 Å². The first-order valence-corrected chi connectivity index (χ1v) is 11.7. The highest BCUT2D eigenvalue weighted by Crippen LogP contribution is 2.35. The van der Waals surface area contributed by atoms with Crippen LogP contribution in [0.3, 0.4) is 0 Å². The summed E-state index contributed by atoms with van der Waals surface area (Å²) < 4.78 is 8.10. The van der Waals surface area contributed by atoms with E-state index in [0.29, 0.717) is 34.4 Å². The third-order valence-corrected chi connectivity index (χ3v) is 7.05. The molecule has 0 N–H and O–H groups in total. The maximum Gasteiger partial charge on any atom is 0.270 e. The van der Waals surface area contributed by atoms with Crippen LogP contribution in [0.15, 0.2) is 9.70 Å². The molecule has 2 aliphatic rings. The van der Waals surface area contributed by atoms with Crippen molar-refractivity contribution in [1.82, 2.24) is 9.47 Å². The number of nitrogens with zero attached hydrogens (tertiary/aromatic N) is 4. The summed E-state index contributed by atoms with van der Waals surface area (Å²) in [5.41, 5.74) is 1.15. The third kappa shape index (κ3) is 4.56. The molecule has 2 saturated heterocycles. The zero-order valence-corrected chi connectivity index (χ0v) is 20.2. The number of rotatable bonds is 5. The first kappa shape index (κ1) is 23.5. The van der Waals surface area contributed by atoms with Crippen molar-refractivity contribution in [3.05, 3.63) is 31.9 Å². The second-order valence-corrected chi connectivity index (χ2v) is 9.74. The predicted octanol–water partition coefficient (Wildman–Crippen LogP) is 3.27. The fourth-order valence-electron chi connectivity index (χ4n) is 4.04. The number of hydrogen-bond acceptors (Lipinski definition) is 7. The molecule has 2 atom stereocenters. The molecule has 3 heterocycles. The van der Waals surface area contributed by atoms with E-state index >= 15 is 0 Å². The van der Waals surface area contributed by atoms with Crippen molar-refractivity contribution < 1.29 is 9.53 Å². The minimum atomic E-state index is -0.282. The Hall–Kier alpha value is -2.15. The Morgan fingerprint density at radius 3 is 2.45 bits per heavy atom. The molecule has 0 bridgehead atoms. The number of aromatic nitrogens is 1. The van der Waals surface area contributed by atoms with Gasteiger partial charge in [-0.1, -0.05) is 37.3 Å². The number of carbonyl (C=O) groups is 1. The van der Waals surface area contributed by atoms with Crippen molar-refractivity contribution in [2.24, 2.45) is 0 Å². The molecule has 1 aromatic rings. The Kier molecular flexibility index (Phi) is 7.24. The van der Waals surface area contributed by atoms with E-state index in [1.54, 1.807) is 24.6 Å². The van der Waals surface area contributed by atoms with Crippen LogP contribution in [0.1, 0.15) is 50.3 Å². The number of unbranched alkanes of at least 4 members (excludes halogenated alkanes) is 1. The number of carbonyl (C=O) groups excluding carboxylic acids is 1. The number of anilines is 1. The molecule has 2 fully saturated rings. The average Bonchev–Trinajstić information content (AvgIpc) is 2.95. The van der Waals surface area contributed by atoms with Crippen LogP contribution >= 0.6 is 24.0 Å². The van der Waals surface area contributed by atoms with Gasteiger partial charge in [-0.2, -0.15) is 5.26 Å². The van der Waals surface area contributed by atoms with Crippen molar-refractivity contribution >= 4 is 46.1 Å². The Morgan fingerprint density at radius 2 is 1.94 bits per heavy atom. The van der Waals surface area contributed by atoms with Gasteiger partial charge < -0.3 is 9.64 Å². The number of nitriles is 1. The van der Waals surface area contributed by atoms with Crippen LogP contribution in [-0.2, 0) is 16.1 Å². The maximum atomic E-state index is 13.3. The second-order valence-electron chi connectivity index (χ2n) is 8.06. The Bertz CT molecular complexity index is 1030. The normalized spacial score (nSPS) is 23.0.